The highest BCUT2D eigenvalue weighted by Crippen LogP contribution is 2.37. The average Bonchev–Trinajstić information content (AvgIpc) is 2.99. The molecule has 4 aromatic rings. The summed E-state index contributed by atoms with van der Waals surface area (Å²) in [5.41, 5.74) is 0.557. The average molecular weight is 662 g/mol. The fourth-order valence-corrected chi connectivity index (χ4v) is 6.26. The SMILES string of the molecule is C=CC(=O)N1CCN(c2nc(=O)n(-c3c(C(C)C)nc(CC(C)(C)O)nc3C(C)C)c3nc(-c4ccccc4F)c(Cl)cc23)[C@@H](C)C1. The van der Waals surface area contributed by atoms with E-state index >= 15 is 4.39 Å². The molecule has 4 heterocycles. The van der Waals surface area contributed by atoms with Gasteiger partial charge < -0.3 is 14.9 Å². The van der Waals surface area contributed by atoms with Crippen molar-refractivity contribution >= 4 is 34.4 Å². The van der Waals surface area contributed by atoms with E-state index in [-0.39, 0.29) is 52.1 Å². The van der Waals surface area contributed by atoms with Gasteiger partial charge in [-0.2, -0.15) is 4.98 Å². The van der Waals surface area contributed by atoms with Crippen LogP contribution < -0.4 is 10.6 Å². The number of aliphatic hydroxyl groups is 1. The van der Waals surface area contributed by atoms with Gasteiger partial charge in [-0.25, -0.2) is 28.7 Å². The van der Waals surface area contributed by atoms with Crippen LogP contribution in [0, 0.1) is 5.82 Å². The minimum Gasteiger partial charge on any atom is -0.390 e. The van der Waals surface area contributed by atoms with Gasteiger partial charge in [-0.1, -0.05) is 58.0 Å². The number of benzene rings is 1. The third kappa shape index (κ3) is 6.78. The van der Waals surface area contributed by atoms with Crippen molar-refractivity contribution in [1.82, 2.24) is 29.4 Å². The van der Waals surface area contributed by atoms with Crippen LogP contribution in [0.4, 0.5) is 10.2 Å². The first kappa shape index (κ1) is 34.1. The molecule has 0 aliphatic carbocycles. The van der Waals surface area contributed by atoms with Crippen molar-refractivity contribution in [1.29, 1.82) is 0 Å². The van der Waals surface area contributed by atoms with Crippen LogP contribution in [0.25, 0.3) is 28.0 Å². The van der Waals surface area contributed by atoms with Crippen LogP contribution in [0.2, 0.25) is 5.02 Å². The van der Waals surface area contributed by atoms with Crippen molar-refractivity contribution in [3.8, 4) is 16.9 Å². The lowest BCUT2D eigenvalue weighted by atomic mass is 9.99. The number of pyridine rings is 1. The number of fused-ring (bicyclic) bond motifs is 1. The first-order valence-electron chi connectivity index (χ1n) is 15.8. The van der Waals surface area contributed by atoms with Gasteiger partial charge in [-0.05, 0) is 56.9 Å². The molecule has 0 saturated carbocycles. The second-order valence-corrected chi connectivity index (χ2v) is 13.7. The zero-order chi connectivity index (χ0) is 34.4. The van der Waals surface area contributed by atoms with Gasteiger partial charge in [0.2, 0.25) is 5.91 Å². The standard InChI is InChI=1S/C35H41ClFN7O3/c1-9-27(45)42-14-15-43(21(6)18-42)32-23-16-24(36)30(22-12-10-11-13-25(22)37)40-33(23)44(34(46)41-32)31-28(19(2)3)38-26(17-35(7,8)47)39-29(31)20(4)5/h9-13,16,19-21,47H,1,14-15,17-18H2,2-8H3/t21-/m0/s1. The molecule has 0 bridgehead atoms. The molecule has 1 aromatic carbocycles. The summed E-state index contributed by atoms with van der Waals surface area (Å²) in [5, 5.41) is 11.3. The molecule has 5 rings (SSSR count). The molecule has 1 amide bonds. The highest BCUT2D eigenvalue weighted by atomic mass is 35.5. The maximum atomic E-state index is 15.2. The Morgan fingerprint density at radius 2 is 1.74 bits per heavy atom. The lowest BCUT2D eigenvalue weighted by molar-refractivity contribution is -0.126. The second kappa shape index (κ2) is 13.1. The second-order valence-electron chi connectivity index (χ2n) is 13.3. The summed E-state index contributed by atoms with van der Waals surface area (Å²) in [6.07, 6.45) is 1.50. The summed E-state index contributed by atoms with van der Waals surface area (Å²) in [4.78, 5) is 49.7. The third-order valence-electron chi connectivity index (χ3n) is 8.21. The Bertz CT molecular complexity index is 1890. The minimum absolute atomic E-state index is 0.151. The number of halogens is 2. The van der Waals surface area contributed by atoms with Crippen LogP contribution in [-0.4, -0.2) is 71.7 Å². The molecule has 47 heavy (non-hydrogen) atoms. The number of aromatic nitrogens is 5. The molecule has 12 heteroatoms. The number of hydrogen-bond acceptors (Lipinski definition) is 8. The topological polar surface area (TPSA) is 117 Å². The molecule has 1 saturated heterocycles. The maximum Gasteiger partial charge on any atom is 0.355 e. The number of nitrogens with zero attached hydrogens (tertiary/aromatic N) is 7. The van der Waals surface area contributed by atoms with E-state index < -0.39 is 17.1 Å². The van der Waals surface area contributed by atoms with Gasteiger partial charge >= 0.3 is 5.69 Å². The predicted molar refractivity (Wildman–Crippen MR) is 183 cm³/mol. The largest absolute Gasteiger partial charge is 0.390 e. The zero-order valence-electron chi connectivity index (χ0n) is 27.9. The molecular formula is C35H41ClFN7O3. The number of rotatable bonds is 8. The summed E-state index contributed by atoms with van der Waals surface area (Å²) >= 11 is 6.85. The van der Waals surface area contributed by atoms with Crippen molar-refractivity contribution in [2.75, 3.05) is 24.5 Å². The van der Waals surface area contributed by atoms with Gasteiger partial charge in [-0.3, -0.25) is 4.79 Å². The van der Waals surface area contributed by atoms with Crippen LogP contribution >= 0.6 is 11.6 Å². The van der Waals surface area contributed by atoms with Gasteiger partial charge in [0.05, 0.1) is 38.8 Å². The first-order chi connectivity index (χ1) is 22.1. The summed E-state index contributed by atoms with van der Waals surface area (Å²) in [7, 11) is 0. The van der Waals surface area contributed by atoms with Crippen LogP contribution in [0.15, 0.2) is 47.8 Å². The quantitative estimate of drug-likeness (QED) is 0.235. The number of carbonyl (C=O) groups is 1. The molecule has 1 atom stereocenters. The molecule has 1 fully saturated rings. The van der Waals surface area contributed by atoms with Gasteiger partial charge in [0.15, 0.2) is 5.65 Å². The lowest BCUT2D eigenvalue weighted by Crippen LogP contribution is -2.54. The van der Waals surface area contributed by atoms with E-state index in [0.717, 1.165) is 0 Å². The van der Waals surface area contributed by atoms with Crippen LogP contribution in [0.3, 0.4) is 0 Å². The Balaban J connectivity index is 1.86. The van der Waals surface area contributed by atoms with E-state index in [9.17, 15) is 14.7 Å². The number of piperazine rings is 1. The molecule has 1 aliphatic heterocycles. The van der Waals surface area contributed by atoms with E-state index in [4.69, 9.17) is 26.6 Å². The van der Waals surface area contributed by atoms with Crippen molar-refractivity contribution in [2.24, 2.45) is 0 Å². The molecule has 0 spiro atoms. The summed E-state index contributed by atoms with van der Waals surface area (Å²) in [5.74, 6) is -0.154. The Morgan fingerprint density at radius 3 is 2.30 bits per heavy atom. The third-order valence-corrected chi connectivity index (χ3v) is 8.50. The molecule has 3 aromatic heterocycles. The Kier molecular flexibility index (Phi) is 9.52. The van der Waals surface area contributed by atoms with E-state index in [1.165, 1.54) is 16.7 Å². The molecule has 1 aliphatic rings. The van der Waals surface area contributed by atoms with Gasteiger partial charge in [0.1, 0.15) is 17.5 Å². The van der Waals surface area contributed by atoms with Gasteiger partial charge in [-0.15, -0.1) is 0 Å². The summed E-state index contributed by atoms with van der Waals surface area (Å²) in [6.45, 7) is 18.0. The van der Waals surface area contributed by atoms with Crippen LogP contribution in [-0.2, 0) is 11.2 Å². The Labute approximate surface area is 279 Å². The van der Waals surface area contributed by atoms with E-state index in [1.54, 1.807) is 43.0 Å². The number of amides is 1. The summed E-state index contributed by atoms with van der Waals surface area (Å²) < 4.78 is 16.6. The molecule has 0 radical (unpaired) electrons. The number of anilines is 1. The minimum atomic E-state index is -1.05. The normalized spacial score (nSPS) is 15.6. The molecular weight excluding hydrogens is 621 g/mol. The van der Waals surface area contributed by atoms with Crippen LogP contribution in [0.5, 0.6) is 0 Å². The Hall–Kier alpha value is -4.22. The molecule has 10 nitrogen and oxygen atoms in total. The molecule has 1 N–H and O–H groups in total. The smallest absolute Gasteiger partial charge is 0.355 e. The highest BCUT2D eigenvalue weighted by Gasteiger charge is 2.32. The monoisotopic (exact) mass is 661 g/mol. The maximum absolute atomic E-state index is 15.2. The molecule has 248 valence electrons. The van der Waals surface area contributed by atoms with E-state index in [2.05, 4.69) is 11.6 Å². The number of carbonyl (C=O) groups excluding carboxylic acids is 1. The van der Waals surface area contributed by atoms with Crippen molar-refractivity contribution < 1.29 is 14.3 Å². The zero-order valence-corrected chi connectivity index (χ0v) is 28.6. The van der Waals surface area contributed by atoms with E-state index in [1.807, 2.05) is 39.5 Å². The molecule has 0 unspecified atom stereocenters. The van der Waals surface area contributed by atoms with Crippen molar-refractivity contribution in [3.63, 3.8) is 0 Å². The fraction of sp³-hybridized carbons (Fsp3) is 0.429. The van der Waals surface area contributed by atoms with Crippen molar-refractivity contribution in [2.45, 2.75) is 78.4 Å². The fourth-order valence-electron chi connectivity index (χ4n) is 6.01. The van der Waals surface area contributed by atoms with Gasteiger partial charge in [0, 0.05) is 37.7 Å². The van der Waals surface area contributed by atoms with Gasteiger partial charge in [0.25, 0.3) is 0 Å². The van der Waals surface area contributed by atoms with Crippen molar-refractivity contribution in [3.05, 3.63) is 81.5 Å². The van der Waals surface area contributed by atoms with E-state index in [0.29, 0.717) is 53.7 Å². The summed E-state index contributed by atoms with van der Waals surface area (Å²) in [6, 6.07) is 7.67. The Morgan fingerprint density at radius 1 is 1.11 bits per heavy atom. The highest BCUT2D eigenvalue weighted by molar-refractivity contribution is 6.33. The van der Waals surface area contributed by atoms with Crippen LogP contribution in [0.1, 0.15) is 77.5 Å². The first-order valence-corrected chi connectivity index (χ1v) is 16.2. The lowest BCUT2D eigenvalue weighted by Gasteiger charge is -2.40. The predicted octanol–water partition coefficient (Wildman–Crippen LogP) is 5.81. The number of hydrogen-bond donors (Lipinski definition) is 1.